The van der Waals surface area contributed by atoms with Crippen LogP contribution in [0.2, 0.25) is 0 Å². The second kappa shape index (κ2) is 7.21. The topological polar surface area (TPSA) is 32.3 Å². The lowest BCUT2D eigenvalue weighted by molar-refractivity contribution is 0.197. The van der Waals surface area contributed by atoms with E-state index in [2.05, 4.69) is 35.6 Å². The van der Waals surface area contributed by atoms with Crippen LogP contribution >= 0.6 is 11.8 Å². The normalized spacial score (nSPS) is 23.8. The third kappa shape index (κ3) is 3.94. The van der Waals surface area contributed by atoms with Crippen molar-refractivity contribution in [3.8, 4) is 0 Å². The van der Waals surface area contributed by atoms with Crippen molar-refractivity contribution in [2.24, 2.45) is 0 Å². The lowest BCUT2D eigenvalue weighted by Crippen LogP contribution is -2.44. The van der Waals surface area contributed by atoms with Gasteiger partial charge in [-0.1, -0.05) is 43.2 Å². The van der Waals surface area contributed by atoms with Crippen molar-refractivity contribution in [3.05, 3.63) is 35.9 Å². The van der Waals surface area contributed by atoms with E-state index < -0.39 is 0 Å². The van der Waals surface area contributed by atoms with Crippen LogP contribution in [-0.2, 0) is 0 Å². The number of rotatable bonds is 2. The molecule has 2 aliphatic rings. The van der Waals surface area contributed by atoms with Crippen LogP contribution in [0.3, 0.4) is 0 Å². The molecule has 1 aromatic carbocycles. The number of carbonyl (C=O) groups excluding carboxylic acids is 1. The molecule has 114 valence electrons. The van der Waals surface area contributed by atoms with Crippen LogP contribution in [-0.4, -0.2) is 35.8 Å². The Kier molecular flexibility index (Phi) is 5.07. The zero-order valence-corrected chi connectivity index (χ0v) is 13.3. The molecule has 2 fully saturated rings. The predicted octanol–water partition coefficient (Wildman–Crippen LogP) is 3.82. The van der Waals surface area contributed by atoms with E-state index >= 15 is 0 Å². The van der Waals surface area contributed by atoms with Crippen molar-refractivity contribution in [1.82, 2.24) is 10.2 Å². The molecule has 3 nitrogen and oxygen atoms in total. The second-order valence-corrected chi connectivity index (χ2v) is 7.29. The maximum atomic E-state index is 12.4. The fourth-order valence-corrected chi connectivity index (χ4v) is 4.48. The largest absolute Gasteiger partial charge is 0.335 e. The molecule has 1 saturated heterocycles. The van der Waals surface area contributed by atoms with Crippen LogP contribution in [0.25, 0.3) is 0 Å². The average molecular weight is 304 g/mol. The smallest absolute Gasteiger partial charge is 0.317 e. The third-order valence-electron chi connectivity index (χ3n) is 4.48. The number of amides is 2. The second-order valence-electron chi connectivity index (χ2n) is 5.98. The molecular formula is C17H24N2OS. The molecule has 1 aliphatic heterocycles. The van der Waals surface area contributed by atoms with E-state index in [4.69, 9.17) is 0 Å². The van der Waals surface area contributed by atoms with Gasteiger partial charge in [-0.3, -0.25) is 0 Å². The van der Waals surface area contributed by atoms with Crippen LogP contribution < -0.4 is 5.32 Å². The van der Waals surface area contributed by atoms with E-state index in [1.807, 2.05) is 16.7 Å². The number of benzene rings is 1. The first-order valence-corrected chi connectivity index (χ1v) is 9.10. The van der Waals surface area contributed by atoms with Crippen molar-refractivity contribution in [2.75, 3.05) is 18.8 Å². The Morgan fingerprint density at radius 2 is 1.86 bits per heavy atom. The van der Waals surface area contributed by atoms with Gasteiger partial charge in [-0.05, 0) is 24.8 Å². The van der Waals surface area contributed by atoms with Crippen LogP contribution in [0, 0.1) is 0 Å². The zero-order valence-electron chi connectivity index (χ0n) is 12.5. The van der Waals surface area contributed by atoms with Crippen LogP contribution in [0.5, 0.6) is 0 Å². The fourth-order valence-electron chi connectivity index (χ4n) is 3.24. The van der Waals surface area contributed by atoms with Gasteiger partial charge in [-0.25, -0.2) is 4.79 Å². The summed E-state index contributed by atoms with van der Waals surface area (Å²) in [6, 6.07) is 11.2. The molecule has 3 rings (SSSR count). The Hall–Kier alpha value is -1.16. The van der Waals surface area contributed by atoms with Crippen molar-refractivity contribution in [3.63, 3.8) is 0 Å². The minimum Gasteiger partial charge on any atom is -0.335 e. The summed E-state index contributed by atoms with van der Waals surface area (Å²) in [5.74, 6) is 1.03. The van der Waals surface area contributed by atoms with Gasteiger partial charge in [0.15, 0.2) is 0 Å². The summed E-state index contributed by atoms with van der Waals surface area (Å²) in [6.45, 7) is 1.73. The summed E-state index contributed by atoms with van der Waals surface area (Å²) < 4.78 is 0. The molecule has 1 unspecified atom stereocenters. The molecule has 1 saturated carbocycles. The van der Waals surface area contributed by atoms with E-state index in [1.165, 1.54) is 18.4 Å². The summed E-state index contributed by atoms with van der Waals surface area (Å²) in [4.78, 5) is 14.4. The molecule has 2 amide bonds. The van der Waals surface area contributed by atoms with Gasteiger partial charge >= 0.3 is 6.03 Å². The number of carbonyl (C=O) groups is 1. The Morgan fingerprint density at radius 1 is 1.10 bits per heavy atom. The molecule has 21 heavy (non-hydrogen) atoms. The molecule has 4 heteroatoms. The minimum atomic E-state index is 0.149. The molecule has 1 aromatic rings. The summed E-state index contributed by atoms with van der Waals surface area (Å²) in [7, 11) is 0. The summed E-state index contributed by atoms with van der Waals surface area (Å²) >= 11 is 1.98. The molecular weight excluding hydrogens is 280 g/mol. The van der Waals surface area contributed by atoms with Gasteiger partial charge in [0.05, 0.1) is 0 Å². The van der Waals surface area contributed by atoms with E-state index in [-0.39, 0.29) is 6.03 Å². The molecule has 1 N–H and O–H groups in total. The number of hydrogen-bond donors (Lipinski definition) is 1. The van der Waals surface area contributed by atoms with E-state index in [1.54, 1.807) is 0 Å². The summed E-state index contributed by atoms with van der Waals surface area (Å²) in [6.07, 6.45) is 5.88. The van der Waals surface area contributed by atoms with Crippen LogP contribution in [0.1, 0.15) is 42.9 Å². The maximum Gasteiger partial charge on any atom is 0.317 e. The fraction of sp³-hybridized carbons (Fsp3) is 0.588. The molecule has 0 radical (unpaired) electrons. The van der Waals surface area contributed by atoms with Crippen LogP contribution in [0.15, 0.2) is 30.3 Å². The predicted molar refractivity (Wildman–Crippen MR) is 88.6 cm³/mol. The maximum absolute atomic E-state index is 12.4. The van der Waals surface area contributed by atoms with E-state index in [0.29, 0.717) is 11.3 Å². The van der Waals surface area contributed by atoms with Gasteiger partial charge in [0.25, 0.3) is 0 Å². The van der Waals surface area contributed by atoms with E-state index in [9.17, 15) is 4.79 Å². The summed E-state index contributed by atoms with van der Waals surface area (Å²) in [5, 5.41) is 3.73. The highest BCUT2D eigenvalue weighted by Gasteiger charge is 2.24. The number of nitrogens with one attached hydrogen (secondary N) is 1. The SMILES string of the molecule is O=C(NC1CCCC1)N1CCSC(c2ccccc2)CC1. The molecule has 0 bridgehead atoms. The first-order chi connectivity index (χ1) is 10.3. The number of urea groups is 1. The minimum absolute atomic E-state index is 0.149. The van der Waals surface area contributed by atoms with Gasteiger partial charge in [0.2, 0.25) is 0 Å². The molecule has 1 aliphatic carbocycles. The summed E-state index contributed by atoms with van der Waals surface area (Å²) in [5.41, 5.74) is 1.39. The first-order valence-electron chi connectivity index (χ1n) is 8.05. The highest BCUT2D eigenvalue weighted by molar-refractivity contribution is 7.99. The van der Waals surface area contributed by atoms with Gasteiger partial charge in [0, 0.05) is 30.1 Å². The lowest BCUT2D eigenvalue weighted by atomic mass is 10.1. The van der Waals surface area contributed by atoms with Crippen LogP contribution in [0.4, 0.5) is 4.79 Å². The molecule has 1 atom stereocenters. The number of nitrogens with zero attached hydrogens (tertiary/aromatic N) is 1. The third-order valence-corrected chi connectivity index (χ3v) is 5.81. The van der Waals surface area contributed by atoms with E-state index in [0.717, 1.165) is 38.1 Å². The van der Waals surface area contributed by atoms with Gasteiger partial charge in [0.1, 0.15) is 0 Å². The van der Waals surface area contributed by atoms with Crippen molar-refractivity contribution in [2.45, 2.75) is 43.4 Å². The van der Waals surface area contributed by atoms with Gasteiger partial charge in [-0.2, -0.15) is 11.8 Å². The van der Waals surface area contributed by atoms with Crippen molar-refractivity contribution >= 4 is 17.8 Å². The van der Waals surface area contributed by atoms with Crippen molar-refractivity contribution < 1.29 is 4.79 Å². The number of thioether (sulfide) groups is 1. The van der Waals surface area contributed by atoms with Crippen molar-refractivity contribution in [1.29, 1.82) is 0 Å². The Balaban J connectivity index is 1.54. The van der Waals surface area contributed by atoms with Gasteiger partial charge in [-0.15, -0.1) is 0 Å². The standard InChI is InChI=1S/C17H24N2OS/c20-17(18-15-8-4-5-9-15)19-11-10-16(21-13-12-19)14-6-2-1-3-7-14/h1-3,6-7,15-16H,4-5,8-13H2,(H,18,20). The molecule has 0 spiro atoms. The Bertz CT molecular complexity index is 459. The monoisotopic (exact) mass is 304 g/mol. The zero-order chi connectivity index (χ0) is 14.5. The quantitative estimate of drug-likeness (QED) is 0.901. The number of hydrogen-bond acceptors (Lipinski definition) is 2. The Labute approximate surface area is 131 Å². The highest BCUT2D eigenvalue weighted by atomic mass is 32.2. The average Bonchev–Trinajstić information content (AvgIpc) is 2.89. The Morgan fingerprint density at radius 3 is 2.62 bits per heavy atom. The lowest BCUT2D eigenvalue weighted by Gasteiger charge is -2.23. The van der Waals surface area contributed by atoms with Gasteiger partial charge < -0.3 is 10.2 Å². The first kappa shape index (κ1) is 14.8. The highest BCUT2D eigenvalue weighted by Crippen LogP contribution is 2.34. The molecule has 0 aromatic heterocycles. The molecule has 1 heterocycles.